The summed E-state index contributed by atoms with van der Waals surface area (Å²) in [7, 11) is 1.80. The summed E-state index contributed by atoms with van der Waals surface area (Å²) in [6, 6.07) is 8.28. The maximum absolute atomic E-state index is 12.2. The maximum atomic E-state index is 12.2. The molecule has 4 nitrogen and oxygen atoms in total. The normalized spacial score (nSPS) is 20.1. The Bertz CT molecular complexity index is 515. The minimum absolute atomic E-state index is 0.163. The van der Waals surface area contributed by atoms with Gasteiger partial charge in [-0.15, -0.1) is 0 Å². The van der Waals surface area contributed by atoms with Crippen molar-refractivity contribution < 1.29 is 9.53 Å². The molecular weight excluding hydrogens is 300 g/mol. The average molecular weight is 330 g/mol. The van der Waals surface area contributed by atoms with Crippen molar-refractivity contribution >= 4 is 17.3 Å². The first-order chi connectivity index (χ1) is 11.7. The molecule has 3 rings (SSSR count). The van der Waals surface area contributed by atoms with Crippen LogP contribution in [0.1, 0.15) is 51.4 Å². The number of benzene rings is 1. The van der Waals surface area contributed by atoms with Crippen LogP contribution in [0, 0.1) is 5.92 Å². The molecule has 24 heavy (non-hydrogen) atoms. The number of amides is 1. The van der Waals surface area contributed by atoms with Gasteiger partial charge in [-0.05, 0) is 55.9 Å². The minimum atomic E-state index is 0.163. The number of ether oxygens (including phenoxy) is 1. The molecule has 0 bridgehead atoms. The van der Waals surface area contributed by atoms with Crippen LogP contribution in [0.25, 0.3) is 0 Å². The van der Waals surface area contributed by atoms with Gasteiger partial charge in [0, 0.05) is 38.0 Å². The van der Waals surface area contributed by atoms with Crippen molar-refractivity contribution in [3.63, 3.8) is 0 Å². The Morgan fingerprint density at radius 1 is 1.08 bits per heavy atom. The number of methoxy groups -OCH3 is 1. The molecule has 0 radical (unpaired) electrons. The van der Waals surface area contributed by atoms with E-state index in [1.165, 1.54) is 37.8 Å². The van der Waals surface area contributed by atoms with Crippen molar-refractivity contribution in [3.05, 3.63) is 24.3 Å². The van der Waals surface area contributed by atoms with Gasteiger partial charge >= 0.3 is 0 Å². The topological polar surface area (TPSA) is 41.6 Å². The third kappa shape index (κ3) is 4.73. The standard InChI is InChI=1S/C20H30N2O2/c1-24-19-11-13-22(14-12-19)18-9-7-17(8-10-18)21-20(23)15-16-5-3-2-4-6-16/h7-10,16,19H,2-6,11-15H2,1H3,(H,21,23). The van der Waals surface area contributed by atoms with Crippen molar-refractivity contribution in [2.45, 2.75) is 57.5 Å². The van der Waals surface area contributed by atoms with Gasteiger partial charge in [-0.25, -0.2) is 0 Å². The van der Waals surface area contributed by atoms with Crippen LogP contribution < -0.4 is 10.2 Å². The van der Waals surface area contributed by atoms with Crippen LogP contribution >= 0.6 is 0 Å². The van der Waals surface area contributed by atoms with Gasteiger partial charge in [0.25, 0.3) is 0 Å². The van der Waals surface area contributed by atoms with Crippen LogP contribution in [0.3, 0.4) is 0 Å². The summed E-state index contributed by atoms with van der Waals surface area (Å²) in [5.41, 5.74) is 2.14. The zero-order valence-corrected chi connectivity index (χ0v) is 14.8. The van der Waals surface area contributed by atoms with E-state index in [0.29, 0.717) is 18.4 Å². The van der Waals surface area contributed by atoms with E-state index in [1.807, 2.05) is 12.1 Å². The summed E-state index contributed by atoms with van der Waals surface area (Å²) in [5, 5.41) is 3.06. The van der Waals surface area contributed by atoms with Crippen molar-refractivity contribution in [1.29, 1.82) is 0 Å². The van der Waals surface area contributed by atoms with Gasteiger partial charge in [-0.3, -0.25) is 4.79 Å². The van der Waals surface area contributed by atoms with Gasteiger partial charge < -0.3 is 15.0 Å². The van der Waals surface area contributed by atoms with Gasteiger partial charge in [0.1, 0.15) is 0 Å². The predicted molar refractivity (Wildman–Crippen MR) is 98.5 cm³/mol. The van der Waals surface area contributed by atoms with E-state index in [9.17, 15) is 4.79 Å². The third-order valence-electron chi connectivity index (χ3n) is 5.49. The lowest BCUT2D eigenvalue weighted by Gasteiger charge is -2.33. The highest BCUT2D eigenvalue weighted by atomic mass is 16.5. The van der Waals surface area contributed by atoms with E-state index >= 15 is 0 Å². The number of hydrogen-bond donors (Lipinski definition) is 1. The second-order valence-corrected chi connectivity index (χ2v) is 7.23. The molecule has 0 unspecified atom stereocenters. The Hall–Kier alpha value is -1.55. The fraction of sp³-hybridized carbons (Fsp3) is 0.650. The number of carbonyl (C=O) groups excluding carboxylic acids is 1. The highest BCUT2D eigenvalue weighted by Crippen LogP contribution is 2.27. The lowest BCUT2D eigenvalue weighted by atomic mass is 9.87. The Kier molecular flexibility index (Phi) is 6.13. The number of hydrogen-bond acceptors (Lipinski definition) is 3. The molecule has 1 amide bonds. The van der Waals surface area contributed by atoms with E-state index in [1.54, 1.807) is 7.11 Å². The number of nitrogens with zero attached hydrogens (tertiary/aromatic N) is 1. The molecule has 132 valence electrons. The predicted octanol–water partition coefficient (Wildman–Crippen LogP) is 4.21. The Balaban J connectivity index is 1.48. The first-order valence-electron chi connectivity index (χ1n) is 9.42. The zero-order valence-electron chi connectivity index (χ0n) is 14.8. The highest BCUT2D eigenvalue weighted by Gasteiger charge is 2.19. The second kappa shape index (κ2) is 8.52. The number of nitrogens with one attached hydrogen (secondary N) is 1. The Labute approximate surface area is 145 Å². The average Bonchev–Trinajstić information content (AvgIpc) is 2.63. The number of anilines is 2. The molecule has 1 aliphatic carbocycles. The van der Waals surface area contributed by atoms with Gasteiger partial charge in [0.05, 0.1) is 6.10 Å². The summed E-state index contributed by atoms with van der Waals surface area (Å²) in [4.78, 5) is 14.6. The minimum Gasteiger partial charge on any atom is -0.381 e. The molecule has 1 N–H and O–H groups in total. The Morgan fingerprint density at radius 3 is 2.38 bits per heavy atom. The molecule has 2 fully saturated rings. The van der Waals surface area contributed by atoms with Crippen molar-refractivity contribution in [3.8, 4) is 0 Å². The largest absolute Gasteiger partial charge is 0.381 e. The van der Waals surface area contributed by atoms with Crippen LogP contribution in [0.5, 0.6) is 0 Å². The van der Waals surface area contributed by atoms with Crippen LogP contribution in [0.15, 0.2) is 24.3 Å². The summed E-state index contributed by atoms with van der Waals surface area (Å²) >= 11 is 0. The molecule has 1 aliphatic heterocycles. The zero-order chi connectivity index (χ0) is 16.8. The lowest BCUT2D eigenvalue weighted by Crippen LogP contribution is -2.36. The van der Waals surface area contributed by atoms with E-state index in [-0.39, 0.29) is 5.91 Å². The molecule has 4 heteroatoms. The maximum Gasteiger partial charge on any atom is 0.224 e. The molecule has 1 heterocycles. The van der Waals surface area contributed by atoms with Gasteiger partial charge in [-0.2, -0.15) is 0 Å². The second-order valence-electron chi connectivity index (χ2n) is 7.23. The Morgan fingerprint density at radius 2 is 1.75 bits per heavy atom. The fourth-order valence-electron chi connectivity index (χ4n) is 3.97. The SMILES string of the molecule is COC1CCN(c2ccc(NC(=O)CC3CCCCC3)cc2)CC1. The number of piperidine rings is 1. The van der Waals surface area contributed by atoms with Crippen molar-refractivity contribution in [2.75, 3.05) is 30.4 Å². The van der Waals surface area contributed by atoms with Gasteiger partial charge in [0.2, 0.25) is 5.91 Å². The van der Waals surface area contributed by atoms with Gasteiger partial charge in [-0.1, -0.05) is 19.3 Å². The summed E-state index contributed by atoms with van der Waals surface area (Å²) in [5.74, 6) is 0.746. The quantitative estimate of drug-likeness (QED) is 0.879. The van der Waals surface area contributed by atoms with Crippen LogP contribution in [-0.2, 0) is 9.53 Å². The van der Waals surface area contributed by atoms with E-state index in [0.717, 1.165) is 31.6 Å². The molecule has 0 spiro atoms. The van der Waals surface area contributed by atoms with Crippen LogP contribution in [-0.4, -0.2) is 32.2 Å². The first-order valence-corrected chi connectivity index (χ1v) is 9.42. The van der Waals surface area contributed by atoms with E-state index in [2.05, 4.69) is 22.3 Å². The summed E-state index contributed by atoms with van der Waals surface area (Å²) in [6.45, 7) is 2.07. The van der Waals surface area contributed by atoms with E-state index < -0.39 is 0 Å². The molecule has 1 aromatic carbocycles. The van der Waals surface area contributed by atoms with E-state index in [4.69, 9.17) is 4.74 Å². The lowest BCUT2D eigenvalue weighted by molar-refractivity contribution is -0.117. The molecule has 1 aromatic rings. The third-order valence-corrected chi connectivity index (χ3v) is 5.49. The molecule has 1 saturated carbocycles. The van der Waals surface area contributed by atoms with Crippen molar-refractivity contribution in [1.82, 2.24) is 0 Å². The van der Waals surface area contributed by atoms with Crippen LogP contribution in [0.2, 0.25) is 0 Å². The molecular formula is C20H30N2O2. The molecule has 2 aliphatic rings. The highest BCUT2D eigenvalue weighted by molar-refractivity contribution is 5.91. The summed E-state index contributed by atoms with van der Waals surface area (Å²) in [6.07, 6.45) is 9.56. The van der Waals surface area contributed by atoms with Crippen molar-refractivity contribution in [2.24, 2.45) is 5.92 Å². The van der Waals surface area contributed by atoms with Crippen LogP contribution in [0.4, 0.5) is 11.4 Å². The number of rotatable bonds is 5. The monoisotopic (exact) mass is 330 g/mol. The molecule has 0 atom stereocenters. The summed E-state index contributed by atoms with van der Waals surface area (Å²) < 4.78 is 5.43. The van der Waals surface area contributed by atoms with Gasteiger partial charge in [0.15, 0.2) is 0 Å². The molecule has 1 saturated heterocycles. The fourth-order valence-corrected chi connectivity index (χ4v) is 3.97. The number of carbonyl (C=O) groups is 1. The molecule has 0 aromatic heterocycles. The first kappa shape index (κ1) is 17.3. The smallest absolute Gasteiger partial charge is 0.224 e.